The Kier molecular flexibility index (Phi) is 8.83. The zero-order valence-corrected chi connectivity index (χ0v) is 34.4. The maximum atomic E-state index is 6.46. The fraction of sp³-hybridized carbons (Fsp3) is 0. The maximum Gasteiger partial charge on any atom is 0.137 e. The second-order valence-electron chi connectivity index (χ2n) is 16.1. The Balaban J connectivity index is 0.972. The summed E-state index contributed by atoms with van der Waals surface area (Å²) >= 11 is 0. The number of anilines is 3. The van der Waals surface area contributed by atoms with Gasteiger partial charge in [-0.2, -0.15) is 0 Å². The van der Waals surface area contributed by atoms with Crippen molar-refractivity contribution in [3.05, 3.63) is 243 Å². The number of aromatic nitrogens is 1. The van der Waals surface area contributed by atoms with Gasteiger partial charge in [0.2, 0.25) is 0 Å². The molecule has 0 spiro atoms. The molecule has 0 radical (unpaired) electrons. The van der Waals surface area contributed by atoms with E-state index in [1.165, 1.54) is 44.1 Å². The monoisotopic (exact) mass is 804 g/mol. The number of hydrogen-bond acceptors (Lipinski definition) is 2. The van der Waals surface area contributed by atoms with Crippen molar-refractivity contribution in [2.45, 2.75) is 0 Å². The SMILES string of the molecule is c1ccc(-c2ccc(-c3ccccc3N(c3ccc(-c4cccc(-c5ccccc5-n5c6ccccc6c6ccccc65)c4)cc3)c3cccc4oc5ccccc5c34)cc2)cc1. The number of benzene rings is 10. The van der Waals surface area contributed by atoms with Gasteiger partial charge in [0, 0.05) is 33.0 Å². The van der Waals surface area contributed by atoms with E-state index in [1.807, 2.05) is 6.07 Å². The number of rotatable bonds is 8. The van der Waals surface area contributed by atoms with Crippen LogP contribution in [0.5, 0.6) is 0 Å². The number of furan rings is 1. The Hall–Kier alpha value is -8.40. The van der Waals surface area contributed by atoms with Crippen LogP contribution in [0, 0.1) is 0 Å². The van der Waals surface area contributed by atoms with Gasteiger partial charge in [0.05, 0.1) is 33.5 Å². The molecule has 0 amide bonds. The van der Waals surface area contributed by atoms with Gasteiger partial charge in [-0.15, -0.1) is 0 Å². The van der Waals surface area contributed by atoms with E-state index in [2.05, 4.69) is 246 Å². The first-order valence-electron chi connectivity index (χ1n) is 21.5. The first-order valence-corrected chi connectivity index (χ1v) is 21.5. The van der Waals surface area contributed by atoms with Crippen LogP contribution in [0.15, 0.2) is 247 Å². The molecular formula is C60H40N2O. The third-order valence-corrected chi connectivity index (χ3v) is 12.4. The van der Waals surface area contributed by atoms with Crippen LogP contribution in [0.4, 0.5) is 17.1 Å². The van der Waals surface area contributed by atoms with Gasteiger partial charge in [0.1, 0.15) is 11.2 Å². The summed E-state index contributed by atoms with van der Waals surface area (Å²) in [4.78, 5) is 2.40. The van der Waals surface area contributed by atoms with Crippen LogP contribution in [-0.4, -0.2) is 4.57 Å². The summed E-state index contributed by atoms with van der Waals surface area (Å²) in [6, 6.07) is 87.1. The van der Waals surface area contributed by atoms with Crippen LogP contribution in [0.2, 0.25) is 0 Å². The van der Waals surface area contributed by atoms with Crippen LogP contribution in [0.25, 0.3) is 93.9 Å². The lowest BCUT2D eigenvalue weighted by Crippen LogP contribution is -2.11. The molecule has 12 aromatic rings. The first kappa shape index (κ1) is 36.5. The van der Waals surface area contributed by atoms with Crippen molar-refractivity contribution in [1.82, 2.24) is 4.57 Å². The predicted molar refractivity (Wildman–Crippen MR) is 264 cm³/mol. The highest BCUT2D eigenvalue weighted by molar-refractivity contribution is 6.14. The summed E-state index contributed by atoms with van der Waals surface area (Å²) in [5.74, 6) is 0. The molecular weight excluding hydrogens is 765 g/mol. The highest BCUT2D eigenvalue weighted by Crippen LogP contribution is 2.46. The van der Waals surface area contributed by atoms with E-state index >= 15 is 0 Å². The van der Waals surface area contributed by atoms with Crippen molar-refractivity contribution in [3.63, 3.8) is 0 Å². The minimum Gasteiger partial charge on any atom is -0.456 e. The molecule has 0 saturated heterocycles. The average molecular weight is 805 g/mol. The van der Waals surface area contributed by atoms with Gasteiger partial charge in [-0.3, -0.25) is 0 Å². The molecule has 0 saturated carbocycles. The van der Waals surface area contributed by atoms with Crippen molar-refractivity contribution in [1.29, 1.82) is 0 Å². The van der Waals surface area contributed by atoms with Crippen molar-refractivity contribution >= 4 is 60.8 Å². The molecule has 12 rings (SSSR count). The molecule has 0 unspecified atom stereocenters. The average Bonchev–Trinajstić information content (AvgIpc) is 3.91. The second kappa shape index (κ2) is 15.3. The Bertz CT molecular complexity index is 3560. The number of nitrogens with zero attached hydrogens (tertiary/aromatic N) is 2. The lowest BCUT2D eigenvalue weighted by atomic mass is 9.96. The van der Waals surface area contributed by atoms with Crippen LogP contribution in [0.3, 0.4) is 0 Å². The highest BCUT2D eigenvalue weighted by Gasteiger charge is 2.22. The fourth-order valence-corrected chi connectivity index (χ4v) is 9.50. The topological polar surface area (TPSA) is 21.3 Å². The Morgan fingerprint density at radius 2 is 0.825 bits per heavy atom. The van der Waals surface area contributed by atoms with Gasteiger partial charge in [-0.25, -0.2) is 0 Å². The summed E-state index contributed by atoms with van der Waals surface area (Å²) in [5.41, 5.74) is 17.8. The van der Waals surface area contributed by atoms with E-state index in [-0.39, 0.29) is 0 Å². The first-order chi connectivity index (χ1) is 31.3. The zero-order valence-electron chi connectivity index (χ0n) is 34.4. The van der Waals surface area contributed by atoms with Crippen LogP contribution >= 0.6 is 0 Å². The Morgan fingerprint density at radius 3 is 1.60 bits per heavy atom. The van der Waals surface area contributed by atoms with Gasteiger partial charge in [0.15, 0.2) is 0 Å². The third-order valence-electron chi connectivity index (χ3n) is 12.4. The van der Waals surface area contributed by atoms with Crippen LogP contribution in [-0.2, 0) is 0 Å². The molecule has 0 aliphatic heterocycles. The predicted octanol–water partition coefficient (Wildman–Crippen LogP) is 16.8. The van der Waals surface area contributed by atoms with Gasteiger partial charge >= 0.3 is 0 Å². The molecule has 0 N–H and O–H groups in total. The number of fused-ring (bicyclic) bond motifs is 6. The van der Waals surface area contributed by atoms with E-state index in [0.717, 1.165) is 66.9 Å². The van der Waals surface area contributed by atoms with E-state index in [9.17, 15) is 0 Å². The molecule has 2 aromatic heterocycles. The summed E-state index contributed by atoms with van der Waals surface area (Å²) in [5, 5.41) is 4.69. The van der Waals surface area contributed by atoms with Crippen molar-refractivity contribution in [3.8, 4) is 50.2 Å². The molecule has 0 aliphatic rings. The summed E-state index contributed by atoms with van der Waals surface area (Å²) in [6.07, 6.45) is 0. The molecule has 0 atom stereocenters. The lowest BCUT2D eigenvalue weighted by Gasteiger charge is -2.28. The van der Waals surface area contributed by atoms with Crippen molar-refractivity contribution < 1.29 is 4.42 Å². The molecule has 296 valence electrons. The second-order valence-corrected chi connectivity index (χ2v) is 16.1. The van der Waals surface area contributed by atoms with Crippen LogP contribution in [0.1, 0.15) is 0 Å². The molecule has 3 nitrogen and oxygen atoms in total. The van der Waals surface area contributed by atoms with E-state index in [0.29, 0.717) is 0 Å². The van der Waals surface area contributed by atoms with Crippen molar-refractivity contribution in [2.24, 2.45) is 0 Å². The van der Waals surface area contributed by atoms with Gasteiger partial charge in [-0.1, -0.05) is 182 Å². The van der Waals surface area contributed by atoms with Gasteiger partial charge in [0.25, 0.3) is 0 Å². The standard InChI is InChI=1S/C60H40N2O/c1-2-16-41(17-3-1)42-32-34-44(35-33-42)48-20-4-9-25-53(48)61(57-29-15-31-59-60(57)52-24-8-13-30-58(52)63-59)47-38-36-43(37-39-47)45-18-14-19-46(40-45)49-21-5-10-26-54(49)62-55-27-11-6-22-50(55)51-23-7-12-28-56(51)62/h1-40H. The lowest BCUT2D eigenvalue weighted by molar-refractivity contribution is 0.669. The van der Waals surface area contributed by atoms with E-state index in [4.69, 9.17) is 4.42 Å². The largest absolute Gasteiger partial charge is 0.456 e. The highest BCUT2D eigenvalue weighted by atomic mass is 16.3. The molecule has 0 fully saturated rings. The normalized spacial score (nSPS) is 11.5. The molecule has 63 heavy (non-hydrogen) atoms. The Morgan fingerprint density at radius 1 is 0.317 bits per heavy atom. The maximum absolute atomic E-state index is 6.46. The minimum absolute atomic E-state index is 0.859. The smallest absolute Gasteiger partial charge is 0.137 e. The van der Waals surface area contributed by atoms with E-state index in [1.54, 1.807) is 0 Å². The molecule has 0 aliphatic carbocycles. The zero-order chi connectivity index (χ0) is 41.7. The molecule has 3 heteroatoms. The fourth-order valence-electron chi connectivity index (χ4n) is 9.50. The Labute approximate surface area is 366 Å². The summed E-state index contributed by atoms with van der Waals surface area (Å²) in [7, 11) is 0. The summed E-state index contributed by atoms with van der Waals surface area (Å²) < 4.78 is 8.87. The summed E-state index contributed by atoms with van der Waals surface area (Å²) in [6.45, 7) is 0. The quantitative estimate of drug-likeness (QED) is 0.153. The molecule has 2 heterocycles. The minimum atomic E-state index is 0.859. The van der Waals surface area contributed by atoms with Crippen molar-refractivity contribution in [2.75, 3.05) is 4.90 Å². The van der Waals surface area contributed by atoms with E-state index < -0.39 is 0 Å². The van der Waals surface area contributed by atoms with Crippen LogP contribution < -0.4 is 4.90 Å². The van der Waals surface area contributed by atoms with Gasteiger partial charge < -0.3 is 13.9 Å². The number of hydrogen-bond donors (Lipinski definition) is 0. The van der Waals surface area contributed by atoms with Gasteiger partial charge in [-0.05, 0) is 94.0 Å². The number of para-hydroxylation sites is 5. The molecule has 10 aromatic carbocycles. The molecule has 0 bridgehead atoms. The third kappa shape index (κ3) is 6.29.